The van der Waals surface area contributed by atoms with Crippen LogP contribution in [0.2, 0.25) is 0 Å². The van der Waals surface area contributed by atoms with E-state index in [1.807, 2.05) is 31.9 Å². The van der Waals surface area contributed by atoms with Gasteiger partial charge in [0.1, 0.15) is 0 Å². The third kappa shape index (κ3) is 3.63. The Balaban J connectivity index is 2.09. The van der Waals surface area contributed by atoms with Crippen molar-refractivity contribution in [1.82, 2.24) is 15.1 Å². The van der Waals surface area contributed by atoms with Gasteiger partial charge in [0.15, 0.2) is 0 Å². The number of benzene rings is 1. The second-order valence-corrected chi connectivity index (χ2v) is 4.89. The molecule has 2 aromatic rings. The average molecular weight is 290 g/mol. The molecule has 1 heterocycles. The molecule has 7 nitrogen and oxygen atoms in total. The van der Waals surface area contributed by atoms with Gasteiger partial charge in [0.2, 0.25) is 11.8 Å². The Morgan fingerprint density at radius 2 is 2.10 bits per heavy atom. The minimum Gasteiger partial charge on any atom is -0.424 e. The first-order chi connectivity index (χ1) is 10.0. The lowest BCUT2D eigenvalue weighted by molar-refractivity contribution is -0.384. The summed E-state index contributed by atoms with van der Waals surface area (Å²) in [5.74, 6) is 1.16. The second kappa shape index (κ2) is 6.45. The van der Waals surface area contributed by atoms with Crippen molar-refractivity contribution >= 4 is 5.69 Å². The lowest BCUT2D eigenvalue weighted by Gasteiger charge is -2.23. The van der Waals surface area contributed by atoms with Crippen LogP contribution in [0.15, 0.2) is 28.7 Å². The van der Waals surface area contributed by atoms with Crippen LogP contribution in [0.25, 0.3) is 0 Å². The Bertz CT molecular complexity index is 626. The molecule has 1 atom stereocenters. The number of aryl methyl sites for hydroxylation is 1. The molecule has 112 valence electrons. The Hall–Kier alpha value is -2.28. The Morgan fingerprint density at radius 3 is 2.71 bits per heavy atom. The van der Waals surface area contributed by atoms with Gasteiger partial charge in [-0.3, -0.25) is 15.0 Å². The molecule has 21 heavy (non-hydrogen) atoms. The normalized spacial score (nSPS) is 12.6. The summed E-state index contributed by atoms with van der Waals surface area (Å²) in [7, 11) is 1.92. The van der Waals surface area contributed by atoms with Crippen molar-refractivity contribution in [2.45, 2.75) is 32.9 Å². The Labute approximate surface area is 122 Å². The van der Waals surface area contributed by atoms with Crippen molar-refractivity contribution < 1.29 is 9.34 Å². The molecule has 0 bridgehead atoms. The summed E-state index contributed by atoms with van der Waals surface area (Å²) in [5, 5.41) is 18.7. The van der Waals surface area contributed by atoms with Crippen LogP contribution in [0.1, 0.15) is 37.2 Å². The van der Waals surface area contributed by atoms with E-state index in [2.05, 4.69) is 10.2 Å². The standard InChI is InChI=1S/C14H18N4O3/c1-4-13-15-16-14(21-13)9-17(3)10(2)11-6-5-7-12(8-11)18(19)20/h5-8,10H,4,9H2,1-3H3. The number of nitrogens with zero attached hydrogens (tertiary/aromatic N) is 4. The molecule has 0 aliphatic carbocycles. The van der Waals surface area contributed by atoms with Crippen LogP contribution in [0.3, 0.4) is 0 Å². The Kier molecular flexibility index (Phi) is 4.64. The molecule has 0 aliphatic heterocycles. The van der Waals surface area contributed by atoms with Crippen molar-refractivity contribution in [3.63, 3.8) is 0 Å². The molecule has 0 saturated heterocycles. The molecule has 1 aromatic carbocycles. The van der Waals surface area contributed by atoms with Crippen LogP contribution in [0.5, 0.6) is 0 Å². The average Bonchev–Trinajstić information content (AvgIpc) is 2.94. The first-order valence-corrected chi connectivity index (χ1v) is 6.77. The minimum absolute atomic E-state index is 0.00174. The molecule has 0 fully saturated rings. The monoisotopic (exact) mass is 290 g/mol. The zero-order valence-electron chi connectivity index (χ0n) is 12.3. The van der Waals surface area contributed by atoms with Gasteiger partial charge in [0.05, 0.1) is 11.5 Å². The first-order valence-electron chi connectivity index (χ1n) is 6.77. The maximum atomic E-state index is 10.8. The summed E-state index contributed by atoms with van der Waals surface area (Å²) >= 11 is 0. The van der Waals surface area contributed by atoms with E-state index < -0.39 is 0 Å². The van der Waals surface area contributed by atoms with Crippen LogP contribution in [0, 0.1) is 10.1 Å². The van der Waals surface area contributed by atoms with Crippen molar-refractivity contribution in [2.75, 3.05) is 7.05 Å². The summed E-state index contributed by atoms with van der Waals surface area (Å²) in [4.78, 5) is 12.4. The number of non-ortho nitro benzene ring substituents is 1. The van der Waals surface area contributed by atoms with E-state index in [9.17, 15) is 10.1 Å². The molecule has 0 aliphatic rings. The van der Waals surface area contributed by atoms with E-state index in [1.54, 1.807) is 12.1 Å². The van der Waals surface area contributed by atoms with Gasteiger partial charge in [-0.25, -0.2) is 0 Å². The number of rotatable bonds is 6. The molecule has 2 rings (SSSR count). The Morgan fingerprint density at radius 1 is 1.38 bits per heavy atom. The molecule has 0 amide bonds. The molecule has 1 unspecified atom stereocenters. The van der Waals surface area contributed by atoms with Gasteiger partial charge in [-0.1, -0.05) is 19.1 Å². The molecule has 1 aromatic heterocycles. The molecular formula is C14H18N4O3. The number of nitro benzene ring substituents is 1. The highest BCUT2D eigenvalue weighted by molar-refractivity contribution is 5.35. The second-order valence-electron chi connectivity index (χ2n) is 4.89. The molecule has 0 spiro atoms. The van der Waals surface area contributed by atoms with Gasteiger partial charge in [0.25, 0.3) is 5.69 Å². The van der Waals surface area contributed by atoms with Crippen LogP contribution in [-0.2, 0) is 13.0 Å². The number of hydrogen-bond donors (Lipinski definition) is 0. The fraction of sp³-hybridized carbons (Fsp3) is 0.429. The maximum Gasteiger partial charge on any atom is 0.269 e. The zero-order valence-corrected chi connectivity index (χ0v) is 12.3. The highest BCUT2D eigenvalue weighted by Crippen LogP contribution is 2.24. The summed E-state index contributed by atoms with van der Waals surface area (Å²) in [6.07, 6.45) is 0.706. The van der Waals surface area contributed by atoms with Crippen LogP contribution in [-0.4, -0.2) is 27.1 Å². The van der Waals surface area contributed by atoms with Gasteiger partial charge in [-0.2, -0.15) is 0 Å². The highest BCUT2D eigenvalue weighted by Gasteiger charge is 2.17. The summed E-state index contributed by atoms with van der Waals surface area (Å²) < 4.78 is 5.48. The van der Waals surface area contributed by atoms with Crippen molar-refractivity contribution in [3.05, 3.63) is 51.7 Å². The van der Waals surface area contributed by atoms with E-state index in [0.29, 0.717) is 24.7 Å². The van der Waals surface area contributed by atoms with Crippen molar-refractivity contribution in [2.24, 2.45) is 0 Å². The third-order valence-corrected chi connectivity index (χ3v) is 3.42. The fourth-order valence-electron chi connectivity index (χ4n) is 2.00. The van der Waals surface area contributed by atoms with Crippen LogP contribution in [0.4, 0.5) is 5.69 Å². The number of aromatic nitrogens is 2. The van der Waals surface area contributed by atoms with E-state index >= 15 is 0 Å². The largest absolute Gasteiger partial charge is 0.424 e. The predicted octanol–water partition coefficient (Wildman–Crippen LogP) is 2.73. The van der Waals surface area contributed by atoms with Crippen molar-refractivity contribution in [3.8, 4) is 0 Å². The third-order valence-electron chi connectivity index (χ3n) is 3.42. The predicted molar refractivity (Wildman–Crippen MR) is 76.7 cm³/mol. The van der Waals surface area contributed by atoms with E-state index in [-0.39, 0.29) is 16.7 Å². The molecule has 0 radical (unpaired) electrons. The van der Waals surface area contributed by atoms with Gasteiger partial charge >= 0.3 is 0 Å². The molecule has 0 saturated carbocycles. The van der Waals surface area contributed by atoms with Crippen LogP contribution < -0.4 is 0 Å². The van der Waals surface area contributed by atoms with E-state index in [4.69, 9.17) is 4.42 Å². The number of nitro groups is 1. The first kappa shape index (κ1) is 15.1. The highest BCUT2D eigenvalue weighted by atomic mass is 16.6. The number of hydrogen-bond acceptors (Lipinski definition) is 6. The summed E-state index contributed by atoms with van der Waals surface area (Å²) in [5.41, 5.74) is 0.973. The van der Waals surface area contributed by atoms with Gasteiger partial charge in [-0.05, 0) is 19.5 Å². The van der Waals surface area contributed by atoms with Crippen molar-refractivity contribution in [1.29, 1.82) is 0 Å². The quantitative estimate of drug-likeness (QED) is 0.600. The summed E-state index contributed by atoms with van der Waals surface area (Å²) in [6, 6.07) is 6.65. The van der Waals surface area contributed by atoms with E-state index in [0.717, 1.165) is 5.56 Å². The fourth-order valence-corrected chi connectivity index (χ4v) is 2.00. The lowest BCUT2D eigenvalue weighted by Crippen LogP contribution is -2.22. The molecule has 0 N–H and O–H groups in total. The van der Waals surface area contributed by atoms with Gasteiger partial charge in [0, 0.05) is 24.6 Å². The van der Waals surface area contributed by atoms with Crippen LogP contribution >= 0.6 is 0 Å². The molecular weight excluding hydrogens is 272 g/mol. The summed E-state index contributed by atoms with van der Waals surface area (Å²) in [6.45, 7) is 4.43. The smallest absolute Gasteiger partial charge is 0.269 e. The lowest BCUT2D eigenvalue weighted by atomic mass is 10.1. The topological polar surface area (TPSA) is 85.3 Å². The minimum atomic E-state index is -0.387. The van der Waals surface area contributed by atoms with E-state index in [1.165, 1.54) is 6.07 Å². The van der Waals surface area contributed by atoms with Gasteiger partial charge < -0.3 is 4.42 Å². The SMILES string of the molecule is CCc1nnc(CN(C)C(C)c2cccc([N+](=O)[O-])c2)o1. The maximum absolute atomic E-state index is 10.8. The van der Waals surface area contributed by atoms with Gasteiger partial charge in [-0.15, -0.1) is 10.2 Å². The zero-order chi connectivity index (χ0) is 15.4. The molecule has 7 heteroatoms.